The van der Waals surface area contributed by atoms with E-state index < -0.39 is 0 Å². The average molecular weight is 295 g/mol. The van der Waals surface area contributed by atoms with Crippen molar-refractivity contribution in [3.05, 3.63) is 17.5 Å². The molecule has 0 fully saturated rings. The lowest BCUT2D eigenvalue weighted by Crippen LogP contribution is -2.31. The highest BCUT2D eigenvalue weighted by atomic mass is 16.5. The quantitative estimate of drug-likeness (QED) is 0.722. The molecule has 1 aromatic heterocycles. The van der Waals surface area contributed by atoms with Crippen LogP contribution in [-0.4, -0.2) is 46.8 Å². The van der Waals surface area contributed by atoms with Gasteiger partial charge in [0.15, 0.2) is 0 Å². The number of esters is 1. The minimum absolute atomic E-state index is 0.124. The van der Waals surface area contributed by atoms with Crippen LogP contribution in [0.15, 0.2) is 6.07 Å². The summed E-state index contributed by atoms with van der Waals surface area (Å²) in [5.74, 6) is -0.140. The monoisotopic (exact) mass is 295 g/mol. The zero-order valence-electron chi connectivity index (χ0n) is 13.5. The van der Waals surface area contributed by atoms with Gasteiger partial charge in [-0.05, 0) is 25.8 Å². The van der Waals surface area contributed by atoms with Crippen LogP contribution in [0, 0.1) is 0 Å². The van der Waals surface area contributed by atoms with E-state index in [0.717, 1.165) is 5.69 Å². The van der Waals surface area contributed by atoms with Crippen molar-refractivity contribution >= 4 is 11.9 Å². The van der Waals surface area contributed by atoms with Gasteiger partial charge in [-0.2, -0.15) is 5.10 Å². The van der Waals surface area contributed by atoms with Gasteiger partial charge in [0, 0.05) is 20.1 Å². The largest absolute Gasteiger partial charge is 0.466 e. The Labute approximate surface area is 126 Å². The highest BCUT2D eigenvalue weighted by Gasteiger charge is 2.20. The van der Waals surface area contributed by atoms with Crippen molar-refractivity contribution in [1.29, 1.82) is 0 Å². The van der Waals surface area contributed by atoms with Crippen molar-refractivity contribution < 1.29 is 14.3 Å². The van der Waals surface area contributed by atoms with E-state index in [2.05, 4.69) is 5.10 Å². The predicted molar refractivity (Wildman–Crippen MR) is 80.2 cm³/mol. The fourth-order valence-electron chi connectivity index (χ4n) is 1.92. The van der Waals surface area contributed by atoms with E-state index in [1.54, 1.807) is 18.7 Å². The predicted octanol–water partition coefficient (Wildman–Crippen LogP) is 2.05. The maximum atomic E-state index is 12.4. The van der Waals surface area contributed by atoms with Crippen LogP contribution in [0.2, 0.25) is 0 Å². The molecule has 1 rings (SSSR count). The molecule has 0 aliphatic carbocycles. The summed E-state index contributed by atoms with van der Waals surface area (Å²) in [7, 11) is 1.68. The fraction of sp³-hybridized carbons (Fsp3) is 0.667. The Kier molecular flexibility index (Phi) is 6.39. The van der Waals surface area contributed by atoms with Crippen LogP contribution in [0.4, 0.5) is 0 Å². The number of aromatic nitrogens is 2. The summed E-state index contributed by atoms with van der Waals surface area (Å²) in [5, 5.41) is 4.43. The molecule has 0 radical (unpaired) electrons. The van der Waals surface area contributed by atoms with Crippen molar-refractivity contribution in [2.24, 2.45) is 0 Å². The Balaban J connectivity index is 2.75. The lowest BCUT2D eigenvalue weighted by Gasteiger charge is -2.16. The second-order valence-corrected chi connectivity index (χ2v) is 5.21. The molecule has 1 amide bonds. The summed E-state index contributed by atoms with van der Waals surface area (Å²) in [5.41, 5.74) is 1.46. The first-order valence-corrected chi connectivity index (χ1v) is 7.39. The lowest BCUT2D eigenvalue weighted by atomic mass is 10.1. The van der Waals surface area contributed by atoms with Gasteiger partial charge in [-0.15, -0.1) is 0 Å². The van der Waals surface area contributed by atoms with Gasteiger partial charge < -0.3 is 9.64 Å². The molecular weight excluding hydrogens is 270 g/mol. The third kappa shape index (κ3) is 4.58. The Hall–Kier alpha value is -1.85. The summed E-state index contributed by atoms with van der Waals surface area (Å²) < 4.78 is 6.57. The Bertz CT molecular complexity index is 494. The van der Waals surface area contributed by atoms with Gasteiger partial charge >= 0.3 is 5.97 Å². The van der Waals surface area contributed by atoms with Crippen LogP contribution < -0.4 is 0 Å². The van der Waals surface area contributed by atoms with Crippen molar-refractivity contribution in [2.45, 2.75) is 46.6 Å². The summed E-state index contributed by atoms with van der Waals surface area (Å²) in [6, 6.07) is 1.83. The zero-order chi connectivity index (χ0) is 16.0. The van der Waals surface area contributed by atoms with E-state index in [1.807, 2.05) is 26.8 Å². The number of nitrogens with zero attached hydrogens (tertiary/aromatic N) is 3. The van der Waals surface area contributed by atoms with Crippen molar-refractivity contribution in [2.75, 3.05) is 20.2 Å². The molecule has 118 valence electrons. The maximum absolute atomic E-state index is 12.4. The summed E-state index contributed by atoms with van der Waals surface area (Å²) >= 11 is 0. The van der Waals surface area contributed by atoms with Crippen LogP contribution in [0.25, 0.3) is 0 Å². The molecule has 0 bridgehead atoms. The van der Waals surface area contributed by atoms with Crippen LogP contribution in [-0.2, 0) is 16.1 Å². The molecule has 0 saturated heterocycles. The maximum Gasteiger partial charge on any atom is 0.307 e. The van der Waals surface area contributed by atoms with E-state index in [1.165, 1.54) is 4.90 Å². The molecule has 0 N–H and O–H groups in total. The van der Waals surface area contributed by atoms with Gasteiger partial charge in [-0.25, -0.2) is 0 Å². The van der Waals surface area contributed by atoms with E-state index in [-0.39, 0.29) is 24.2 Å². The number of ether oxygens (including phenoxy) is 1. The molecule has 0 aliphatic rings. The Morgan fingerprint density at radius 2 is 2.05 bits per heavy atom. The molecular formula is C15H25N3O3. The van der Waals surface area contributed by atoms with E-state index >= 15 is 0 Å². The third-order valence-corrected chi connectivity index (χ3v) is 3.21. The highest BCUT2D eigenvalue weighted by molar-refractivity contribution is 5.92. The number of hydrogen-bond acceptors (Lipinski definition) is 4. The van der Waals surface area contributed by atoms with Gasteiger partial charge in [0.1, 0.15) is 5.69 Å². The van der Waals surface area contributed by atoms with Gasteiger partial charge in [-0.3, -0.25) is 14.3 Å². The van der Waals surface area contributed by atoms with Crippen LogP contribution in [0.3, 0.4) is 0 Å². The SMILES string of the molecule is CCOC(=O)CCN(C)C(=O)c1cc(C(C)C)nn1CC. The molecule has 1 aromatic rings. The number of carbonyl (C=O) groups excluding carboxylic acids is 2. The minimum Gasteiger partial charge on any atom is -0.466 e. The molecule has 0 aliphatic heterocycles. The first kappa shape index (κ1) is 17.2. The standard InChI is InChI=1S/C15H25N3O3/c1-6-18-13(10-12(16-18)11(3)4)15(20)17(5)9-8-14(19)21-7-2/h10-11H,6-9H2,1-5H3. The topological polar surface area (TPSA) is 64.4 Å². The van der Waals surface area contributed by atoms with Crippen molar-refractivity contribution in [3.8, 4) is 0 Å². The number of rotatable bonds is 7. The fourth-order valence-corrected chi connectivity index (χ4v) is 1.92. The molecule has 0 atom stereocenters. The molecule has 21 heavy (non-hydrogen) atoms. The molecule has 6 nitrogen and oxygen atoms in total. The normalized spacial score (nSPS) is 10.8. The average Bonchev–Trinajstić information content (AvgIpc) is 2.88. The lowest BCUT2D eigenvalue weighted by molar-refractivity contribution is -0.143. The van der Waals surface area contributed by atoms with Crippen LogP contribution in [0.1, 0.15) is 56.2 Å². The van der Waals surface area contributed by atoms with Crippen molar-refractivity contribution in [3.63, 3.8) is 0 Å². The highest BCUT2D eigenvalue weighted by Crippen LogP contribution is 2.16. The number of amides is 1. The molecule has 1 heterocycles. The number of carbonyl (C=O) groups is 2. The minimum atomic E-state index is -0.288. The number of aryl methyl sites for hydroxylation is 1. The van der Waals surface area contributed by atoms with Gasteiger partial charge in [0.05, 0.1) is 18.7 Å². The van der Waals surface area contributed by atoms with Gasteiger partial charge in [0.25, 0.3) is 5.91 Å². The summed E-state index contributed by atoms with van der Waals surface area (Å²) in [6.45, 7) is 9.13. The van der Waals surface area contributed by atoms with E-state index in [4.69, 9.17) is 4.74 Å². The summed E-state index contributed by atoms with van der Waals surface area (Å²) in [6.07, 6.45) is 0.202. The third-order valence-electron chi connectivity index (χ3n) is 3.21. The number of hydrogen-bond donors (Lipinski definition) is 0. The second-order valence-electron chi connectivity index (χ2n) is 5.21. The van der Waals surface area contributed by atoms with Crippen molar-refractivity contribution in [1.82, 2.24) is 14.7 Å². The Morgan fingerprint density at radius 1 is 1.38 bits per heavy atom. The Morgan fingerprint density at radius 3 is 2.57 bits per heavy atom. The second kappa shape index (κ2) is 7.81. The molecule has 0 spiro atoms. The van der Waals surface area contributed by atoms with Crippen LogP contribution >= 0.6 is 0 Å². The first-order chi connectivity index (χ1) is 9.90. The zero-order valence-corrected chi connectivity index (χ0v) is 13.5. The molecule has 0 aromatic carbocycles. The first-order valence-electron chi connectivity index (χ1n) is 7.39. The molecule has 0 saturated carbocycles. The van der Waals surface area contributed by atoms with E-state index in [9.17, 15) is 9.59 Å². The molecule has 0 unspecified atom stereocenters. The van der Waals surface area contributed by atoms with Gasteiger partial charge in [-0.1, -0.05) is 13.8 Å². The molecule has 6 heteroatoms. The summed E-state index contributed by atoms with van der Waals surface area (Å²) in [4.78, 5) is 25.3. The van der Waals surface area contributed by atoms with E-state index in [0.29, 0.717) is 25.4 Å². The smallest absolute Gasteiger partial charge is 0.307 e. The van der Waals surface area contributed by atoms with Crippen LogP contribution in [0.5, 0.6) is 0 Å². The van der Waals surface area contributed by atoms with Gasteiger partial charge in [0.2, 0.25) is 0 Å².